The van der Waals surface area contributed by atoms with Crippen molar-refractivity contribution in [2.24, 2.45) is 16.6 Å². The molecular weight excluding hydrogens is 304 g/mol. The van der Waals surface area contributed by atoms with Crippen LogP contribution in [0, 0.1) is 5.92 Å². The Bertz CT molecular complexity index is 548. The topological polar surface area (TPSA) is 72.1 Å². The van der Waals surface area contributed by atoms with E-state index in [1.165, 1.54) is 18.5 Å². The molecular formula is C18H30N4O2. The minimum atomic E-state index is 0.533. The molecule has 24 heavy (non-hydrogen) atoms. The minimum Gasteiger partial charge on any atom is -0.493 e. The Morgan fingerprint density at radius 3 is 2.79 bits per heavy atom. The highest BCUT2D eigenvalue weighted by Crippen LogP contribution is 2.27. The van der Waals surface area contributed by atoms with Crippen LogP contribution in [0.5, 0.6) is 11.5 Å². The molecule has 1 aliphatic rings. The van der Waals surface area contributed by atoms with Gasteiger partial charge in [-0.05, 0) is 49.5 Å². The molecule has 1 heterocycles. The molecule has 3 N–H and O–H groups in total. The number of guanidine groups is 1. The number of nitrogens with one attached hydrogen (secondary N) is 1. The number of rotatable bonds is 8. The van der Waals surface area contributed by atoms with Gasteiger partial charge in [0.05, 0.1) is 14.2 Å². The van der Waals surface area contributed by atoms with E-state index in [1.54, 1.807) is 14.2 Å². The van der Waals surface area contributed by atoms with Crippen LogP contribution in [-0.4, -0.2) is 57.8 Å². The molecule has 1 aromatic carbocycles. The van der Waals surface area contributed by atoms with Crippen LogP contribution in [0.25, 0.3) is 0 Å². The van der Waals surface area contributed by atoms with E-state index >= 15 is 0 Å². The predicted molar refractivity (Wildman–Crippen MR) is 98.0 cm³/mol. The summed E-state index contributed by atoms with van der Waals surface area (Å²) >= 11 is 0. The van der Waals surface area contributed by atoms with Crippen molar-refractivity contribution in [1.82, 2.24) is 10.2 Å². The fraction of sp³-hybridized carbons (Fsp3) is 0.611. The number of methoxy groups -OCH3 is 2. The summed E-state index contributed by atoms with van der Waals surface area (Å²) in [7, 11) is 3.29. The highest BCUT2D eigenvalue weighted by atomic mass is 16.5. The van der Waals surface area contributed by atoms with Gasteiger partial charge in [0.25, 0.3) is 0 Å². The molecule has 0 aromatic heterocycles. The maximum atomic E-state index is 5.97. The normalized spacial score (nSPS) is 18.6. The molecule has 6 heteroatoms. The Balaban J connectivity index is 1.74. The maximum absolute atomic E-state index is 5.97. The summed E-state index contributed by atoms with van der Waals surface area (Å²) in [4.78, 5) is 6.94. The van der Waals surface area contributed by atoms with Crippen molar-refractivity contribution < 1.29 is 9.47 Å². The van der Waals surface area contributed by atoms with E-state index in [9.17, 15) is 0 Å². The number of aliphatic imine (C=N–C) groups is 1. The molecule has 2 rings (SSSR count). The van der Waals surface area contributed by atoms with Gasteiger partial charge in [0.1, 0.15) is 0 Å². The van der Waals surface area contributed by atoms with Crippen LogP contribution in [0.15, 0.2) is 23.2 Å². The van der Waals surface area contributed by atoms with E-state index in [2.05, 4.69) is 22.1 Å². The van der Waals surface area contributed by atoms with Crippen molar-refractivity contribution in [3.8, 4) is 11.5 Å². The van der Waals surface area contributed by atoms with Gasteiger partial charge in [0.15, 0.2) is 17.5 Å². The Morgan fingerprint density at radius 1 is 1.33 bits per heavy atom. The molecule has 134 valence electrons. The lowest BCUT2D eigenvalue weighted by Gasteiger charge is -2.12. The Kier molecular flexibility index (Phi) is 7.18. The second kappa shape index (κ2) is 9.37. The van der Waals surface area contributed by atoms with E-state index in [0.717, 1.165) is 44.1 Å². The van der Waals surface area contributed by atoms with Gasteiger partial charge >= 0.3 is 0 Å². The lowest BCUT2D eigenvalue weighted by Crippen LogP contribution is -2.34. The Hall–Kier alpha value is -1.95. The third kappa shape index (κ3) is 5.30. The number of nitrogens with two attached hydrogens (primary N) is 1. The first-order valence-corrected chi connectivity index (χ1v) is 8.63. The number of benzene rings is 1. The molecule has 1 saturated heterocycles. The van der Waals surface area contributed by atoms with Gasteiger partial charge in [-0.2, -0.15) is 0 Å². The summed E-state index contributed by atoms with van der Waals surface area (Å²) in [5.41, 5.74) is 7.13. The summed E-state index contributed by atoms with van der Waals surface area (Å²) in [5.74, 6) is 2.66. The smallest absolute Gasteiger partial charge is 0.188 e. The summed E-state index contributed by atoms with van der Waals surface area (Å²) in [6.45, 7) is 7.21. The number of likely N-dealkylation sites (tertiary alicyclic amines) is 1. The van der Waals surface area contributed by atoms with Crippen LogP contribution in [0.4, 0.5) is 0 Å². The molecule has 0 amide bonds. The molecule has 1 unspecified atom stereocenters. The van der Waals surface area contributed by atoms with Crippen LogP contribution in [-0.2, 0) is 6.42 Å². The second-order valence-electron chi connectivity index (χ2n) is 6.14. The predicted octanol–water partition coefficient (Wildman–Crippen LogP) is 1.49. The van der Waals surface area contributed by atoms with E-state index in [1.807, 2.05) is 18.2 Å². The highest BCUT2D eigenvalue weighted by Gasteiger charge is 2.20. The zero-order valence-corrected chi connectivity index (χ0v) is 15.0. The van der Waals surface area contributed by atoms with Crippen molar-refractivity contribution >= 4 is 5.96 Å². The molecule has 0 aliphatic carbocycles. The van der Waals surface area contributed by atoms with E-state index in [-0.39, 0.29) is 0 Å². The molecule has 0 saturated carbocycles. The van der Waals surface area contributed by atoms with Gasteiger partial charge in [-0.1, -0.05) is 13.0 Å². The fourth-order valence-corrected chi connectivity index (χ4v) is 3.00. The Morgan fingerprint density at radius 2 is 2.12 bits per heavy atom. The van der Waals surface area contributed by atoms with Crippen LogP contribution >= 0.6 is 0 Å². The number of nitrogens with zero attached hydrogens (tertiary/aromatic N) is 2. The van der Waals surface area contributed by atoms with Crippen LogP contribution in [0.3, 0.4) is 0 Å². The summed E-state index contributed by atoms with van der Waals surface area (Å²) in [6, 6.07) is 5.95. The third-order valence-corrected chi connectivity index (χ3v) is 4.50. The standard InChI is InChI=1S/C18H30N4O2/c1-4-22-10-8-15(13-22)12-21-18(19)20-9-7-14-5-6-16(23-2)17(11-14)24-3/h5-6,11,15H,4,7-10,12-13H2,1-3H3,(H3,19,20,21). The first kappa shape index (κ1) is 18.4. The van der Waals surface area contributed by atoms with Crippen molar-refractivity contribution in [3.05, 3.63) is 23.8 Å². The summed E-state index contributed by atoms with van der Waals surface area (Å²) in [5, 5.41) is 3.19. The van der Waals surface area contributed by atoms with Gasteiger partial charge < -0.3 is 25.4 Å². The zero-order valence-electron chi connectivity index (χ0n) is 15.0. The maximum Gasteiger partial charge on any atom is 0.188 e. The molecule has 1 fully saturated rings. The SMILES string of the molecule is CCN1CCC(CN=C(N)NCCc2ccc(OC)c(OC)c2)C1. The lowest BCUT2D eigenvalue weighted by molar-refractivity contribution is 0.343. The van der Waals surface area contributed by atoms with Crippen molar-refractivity contribution in [3.63, 3.8) is 0 Å². The Labute approximate surface area is 145 Å². The lowest BCUT2D eigenvalue weighted by atomic mass is 10.1. The first-order valence-electron chi connectivity index (χ1n) is 8.63. The molecule has 1 aliphatic heterocycles. The minimum absolute atomic E-state index is 0.533. The quantitative estimate of drug-likeness (QED) is 0.557. The van der Waals surface area contributed by atoms with E-state index in [4.69, 9.17) is 15.2 Å². The molecule has 0 radical (unpaired) electrons. The third-order valence-electron chi connectivity index (χ3n) is 4.50. The van der Waals surface area contributed by atoms with Gasteiger partial charge in [0, 0.05) is 19.6 Å². The van der Waals surface area contributed by atoms with Gasteiger partial charge in [-0.3, -0.25) is 4.99 Å². The van der Waals surface area contributed by atoms with E-state index < -0.39 is 0 Å². The molecule has 1 atom stereocenters. The summed E-state index contributed by atoms with van der Waals surface area (Å²) in [6.07, 6.45) is 2.07. The highest BCUT2D eigenvalue weighted by molar-refractivity contribution is 5.77. The summed E-state index contributed by atoms with van der Waals surface area (Å²) < 4.78 is 10.6. The number of hydrogen-bond donors (Lipinski definition) is 2. The first-order chi connectivity index (χ1) is 11.7. The number of ether oxygens (including phenoxy) is 2. The van der Waals surface area contributed by atoms with Gasteiger partial charge in [0.2, 0.25) is 0 Å². The van der Waals surface area contributed by atoms with Crippen molar-refractivity contribution in [2.45, 2.75) is 19.8 Å². The van der Waals surface area contributed by atoms with Crippen molar-refractivity contribution in [2.75, 3.05) is 46.9 Å². The van der Waals surface area contributed by atoms with Gasteiger partial charge in [-0.25, -0.2) is 0 Å². The average molecular weight is 334 g/mol. The van der Waals surface area contributed by atoms with Crippen LogP contribution < -0.4 is 20.5 Å². The van der Waals surface area contributed by atoms with Crippen LogP contribution in [0.1, 0.15) is 18.9 Å². The van der Waals surface area contributed by atoms with E-state index in [0.29, 0.717) is 11.9 Å². The molecule has 6 nitrogen and oxygen atoms in total. The molecule has 0 bridgehead atoms. The second-order valence-corrected chi connectivity index (χ2v) is 6.14. The fourth-order valence-electron chi connectivity index (χ4n) is 3.00. The average Bonchev–Trinajstić information content (AvgIpc) is 3.08. The van der Waals surface area contributed by atoms with Crippen molar-refractivity contribution in [1.29, 1.82) is 0 Å². The van der Waals surface area contributed by atoms with Crippen LogP contribution in [0.2, 0.25) is 0 Å². The monoisotopic (exact) mass is 334 g/mol. The molecule has 0 spiro atoms. The molecule has 1 aromatic rings. The zero-order chi connectivity index (χ0) is 17.4. The van der Waals surface area contributed by atoms with Gasteiger partial charge in [-0.15, -0.1) is 0 Å². The number of hydrogen-bond acceptors (Lipinski definition) is 4. The largest absolute Gasteiger partial charge is 0.493 e.